The lowest BCUT2D eigenvalue weighted by Gasteiger charge is -2.17. The number of carbonyl (C=O) groups is 2. The second-order valence-corrected chi connectivity index (χ2v) is 4.51. The monoisotopic (exact) mass is 300 g/mol. The van der Waals surface area contributed by atoms with Gasteiger partial charge in [-0.2, -0.15) is 0 Å². The number of rotatable bonds is 4. The smallest absolute Gasteiger partial charge is 0.324 e. The molecule has 1 aromatic carbocycles. The van der Waals surface area contributed by atoms with Crippen molar-refractivity contribution in [3.8, 4) is 11.5 Å². The minimum atomic E-state index is -0.610. The molecule has 1 rings (SSSR count). The Bertz CT molecular complexity index is 519. The fraction of sp³-hybridized carbons (Fsp3) is 0.385. The molecule has 0 spiro atoms. The van der Waals surface area contributed by atoms with Gasteiger partial charge in [0, 0.05) is 19.7 Å². The van der Waals surface area contributed by atoms with Gasteiger partial charge in [-0.3, -0.25) is 9.69 Å². The van der Waals surface area contributed by atoms with Gasteiger partial charge in [-0.05, 0) is 12.5 Å². The highest BCUT2D eigenvalue weighted by atomic mass is 35.5. The molecule has 3 amide bonds. The van der Waals surface area contributed by atoms with Gasteiger partial charge in [0.15, 0.2) is 11.5 Å². The van der Waals surface area contributed by atoms with E-state index in [2.05, 4.69) is 5.32 Å². The Morgan fingerprint density at radius 1 is 1.45 bits per heavy atom. The lowest BCUT2D eigenvalue weighted by atomic mass is 10.1. The summed E-state index contributed by atoms with van der Waals surface area (Å²) < 4.78 is 4.88. The van der Waals surface area contributed by atoms with E-state index in [9.17, 15) is 14.7 Å². The Morgan fingerprint density at radius 3 is 2.65 bits per heavy atom. The highest BCUT2D eigenvalue weighted by Crippen LogP contribution is 2.32. The lowest BCUT2D eigenvalue weighted by Crippen LogP contribution is -2.41. The number of ether oxygens (including phenoxy) is 1. The third-order valence-corrected chi connectivity index (χ3v) is 2.95. The molecule has 0 radical (unpaired) electrons. The molecule has 0 heterocycles. The van der Waals surface area contributed by atoms with E-state index in [1.165, 1.54) is 26.3 Å². The molecule has 0 aliphatic heterocycles. The molecule has 110 valence electrons. The van der Waals surface area contributed by atoms with Crippen LogP contribution in [0.5, 0.6) is 11.5 Å². The van der Waals surface area contributed by atoms with Crippen molar-refractivity contribution in [3.63, 3.8) is 0 Å². The van der Waals surface area contributed by atoms with Crippen LogP contribution in [0.2, 0.25) is 5.02 Å². The quantitative estimate of drug-likeness (QED) is 0.894. The predicted molar refractivity (Wildman–Crippen MR) is 75.5 cm³/mol. The predicted octanol–water partition coefficient (Wildman–Crippen LogP) is 2.25. The van der Waals surface area contributed by atoms with Crippen molar-refractivity contribution in [1.82, 2.24) is 10.2 Å². The molecule has 0 unspecified atom stereocenters. The standard InChI is InChI=1S/C13H17ClN2O4/c1-4-5-15-13(19)16(2)12(18)8-6-10(17)11(20-3)7-9(8)14/h6-7,17H,4-5H2,1-3H3,(H,15,19). The molecule has 1 aromatic rings. The highest BCUT2D eigenvalue weighted by molar-refractivity contribution is 6.34. The number of imide groups is 1. The topological polar surface area (TPSA) is 78.9 Å². The van der Waals surface area contributed by atoms with Crippen molar-refractivity contribution in [2.75, 3.05) is 20.7 Å². The highest BCUT2D eigenvalue weighted by Gasteiger charge is 2.22. The van der Waals surface area contributed by atoms with E-state index in [1.54, 1.807) is 0 Å². The van der Waals surface area contributed by atoms with Gasteiger partial charge in [-0.15, -0.1) is 0 Å². The number of amides is 3. The van der Waals surface area contributed by atoms with E-state index in [1.807, 2.05) is 6.92 Å². The van der Waals surface area contributed by atoms with Crippen molar-refractivity contribution in [2.24, 2.45) is 0 Å². The van der Waals surface area contributed by atoms with Gasteiger partial charge in [-0.1, -0.05) is 18.5 Å². The SMILES string of the molecule is CCCNC(=O)N(C)C(=O)c1cc(O)c(OC)cc1Cl. The molecule has 0 fully saturated rings. The van der Waals surface area contributed by atoms with E-state index in [0.717, 1.165) is 11.3 Å². The summed E-state index contributed by atoms with van der Waals surface area (Å²) in [6, 6.07) is 1.97. The van der Waals surface area contributed by atoms with E-state index in [0.29, 0.717) is 6.54 Å². The number of urea groups is 1. The summed E-state index contributed by atoms with van der Waals surface area (Å²) in [4.78, 5) is 24.8. The molecule has 6 nitrogen and oxygen atoms in total. The van der Waals surface area contributed by atoms with Crippen molar-refractivity contribution < 1.29 is 19.4 Å². The zero-order chi connectivity index (χ0) is 15.3. The fourth-order valence-electron chi connectivity index (χ4n) is 1.49. The Hall–Kier alpha value is -1.95. The maximum absolute atomic E-state index is 12.2. The van der Waals surface area contributed by atoms with Crippen LogP contribution in [0.4, 0.5) is 4.79 Å². The van der Waals surface area contributed by atoms with Gasteiger partial charge in [0.1, 0.15) is 0 Å². The summed E-state index contributed by atoms with van der Waals surface area (Å²) in [6.45, 7) is 2.37. The van der Waals surface area contributed by atoms with Crippen LogP contribution in [0, 0.1) is 0 Å². The summed E-state index contributed by atoms with van der Waals surface area (Å²) in [5, 5.41) is 12.3. The van der Waals surface area contributed by atoms with Crippen molar-refractivity contribution in [2.45, 2.75) is 13.3 Å². The summed E-state index contributed by atoms with van der Waals surface area (Å²) in [5.41, 5.74) is 0.0270. The van der Waals surface area contributed by atoms with Crippen LogP contribution < -0.4 is 10.1 Å². The number of halogens is 1. The molecule has 20 heavy (non-hydrogen) atoms. The van der Waals surface area contributed by atoms with Gasteiger partial charge < -0.3 is 15.2 Å². The first-order chi connectivity index (χ1) is 9.42. The first kappa shape index (κ1) is 16.1. The third kappa shape index (κ3) is 3.54. The minimum Gasteiger partial charge on any atom is -0.504 e. The Balaban J connectivity index is 2.97. The van der Waals surface area contributed by atoms with Crippen molar-refractivity contribution >= 4 is 23.5 Å². The van der Waals surface area contributed by atoms with Gasteiger partial charge >= 0.3 is 6.03 Å². The van der Waals surface area contributed by atoms with Crippen molar-refractivity contribution in [1.29, 1.82) is 0 Å². The van der Waals surface area contributed by atoms with Gasteiger partial charge in [0.25, 0.3) is 5.91 Å². The number of aromatic hydroxyl groups is 1. The second-order valence-electron chi connectivity index (χ2n) is 4.10. The Morgan fingerprint density at radius 2 is 2.10 bits per heavy atom. The average molecular weight is 301 g/mol. The molecule has 0 saturated carbocycles. The van der Waals surface area contributed by atoms with Crippen LogP contribution in [0.3, 0.4) is 0 Å². The maximum Gasteiger partial charge on any atom is 0.324 e. The first-order valence-electron chi connectivity index (χ1n) is 6.04. The zero-order valence-electron chi connectivity index (χ0n) is 11.6. The average Bonchev–Trinajstić information content (AvgIpc) is 2.44. The summed E-state index contributed by atoms with van der Waals surface area (Å²) >= 11 is 5.96. The molecule has 0 aliphatic rings. The van der Waals surface area contributed by atoms with E-state index in [4.69, 9.17) is 16.3 Å². The third-order valence-electron chi connectivity index (χ3n) is 2.63. The number of methoxy groups -OCH3 is 1. The first-order valence-corrected chi connectivity index (χ1v) is 6.42. The number of phenolic OH excluding ortho intramolecular Hbond substituents is 1. The normalized spacial score (nSPS) is 10.0. The van der Waals surface area contributed by atoms with Gasteiger partial charge in [-0.25, -0.2) is 4.79 Å². The molecule has 0 saturated heterocycles. The maximum atomic E-state index is 12.2. The van der Waals surface area contributed by atoms with E-state index >= 15 is 0 Å². The van der Waals surface area contributed by atoms with E-state index in [-0.39, 0.29) is 22.1 Å². The summed E-state index contributed by atoms with van der Waals surface area (Å²) in [6.07, 6.45) is 0.762. The number of hydrogen-bond acceptors (Lipinski definition) is 4. The number of hydrogen-bond donors (Lipinski definition) is 2. The summed E-state index contributed by atoms with van der Waals surface area (Å²) in [7, 11) is 2.71. The van der Waals surface area contributed by atoms with Crippen LogP contribution in [0.1, 0.15) is 23.7 Å². The zero-order valence-corrected chi connectivity index (χ0v) is 12.3. The van der Waals surface area contributed by atoms with Crippen LogP contribution in [0.15, 0.2) is 12.1 Å². The summed E-state index contributed by atoms with van der Waals surface area (Å²) in [5.74, 6) is -0.672. The second kappa shape index (κ2) is 7.00. The van der Waals surface area contributed by atoms with E-state index < -0.39 is 11.9 Å². The van der Waals surface area contributed by atoms with Crippen LogP contribution in [-0.2, 0) is 0 Å². The van der Waals surface area contributed by atoms with Crippen molar-refractivity contribution in [3.05, 3.63) is 22.7 Å². The lowest BCUT2D eigenvalue weighted by molar-refractivity contribution is 0.0831. The molecule has 7 heteroatoms. The minimum absolute atomic E-state index is 0.0270. The number of nitrogens with one attached hydrogen (secondary N) is 1. The molecule has 0 atom stereocenters. The number of nitrogens with zero attached hydrogens (tertiary/aromatic N) is 1. The number of phenols is 1. The van der Waals surface area contributed by atoms with Crippen LogP contribution in [-0.4, -0.2) is 42.6 Å². The van der Waals surface area contributed by atoms with Crippen LogP contribution in [0.25, 0.3) is 0 Å². The molecule has 2 N–H and O–H groups in total. The molecular formula is C13H17ClN2O4. The number of carbonyl (C=O) groups excluding carboxylic acids is 2. The Kier molecular flexibility index (Phi) is 5.64. The number of benzene rings is 1. The van der Waals surface area contributed by atoms with Gasteiger partial charge in [0.05, 0.1) is 17.7 Å². The molecular weight excluding hydrogens is 284 g/mol. The molecule has 0 aliphatic carbocycles. The van der Waals surface area contributed by atoms with Crippen LogP contribution >= 0.6 is 11.6 Å². The van der Waals surface area contributed by atoms with Gasteiger partial charge in [0.2, 0.25) is 0 Å². The molecule has 0 aromatic heterocycles. The molecule has 0 bridgehead atoms. The fourth-order valence-corrected chi connectivity index (χ4v) is 1.73. The largest absolute Gasteiger partial charge is 0.504 e. The Labute approximate surface area is 122 Å².